The van der Waals surface area contributed by atoms with Crippen LogP contribution in [0.5, 0.6) is 0 Å². The molecule has 1 unspecified atom stereocenters. The lowest BCUT2D eigenvalue weighted by molar-refractivity contribution is 0.115. The summed E-state index contributed by atoms with van der Waals surface area (Å²) < 4.78 is 5.76. The number of rotatable bonds is 7. The molecule has 0 spiro atoms. The average Bonchev–Trinajstić information content (AvgIpc) is 2.98. The third-order valence-corrected chi connectivity index (χ3v) is 3.75. The summed E-state index contributed by atoms with van der Waals surface area (Å²) in [7, 11) is 0. The van der Waals surface area contributed by atoms with E-state index < -0.39 is 0 Å². The maximum Gasteiger partial charge on any atom is 0.137 e. The smallest absolute Gasteiger partial charge is 0.137 e. The molecule has 0 aliphatic carbocycles. The summed E-state index contributed by atoms with van der Waals surface area (Å²) >= 11 is 0. The first-order valence-corrected chi connectivity index (χ1v) is 7.74. The molecule has 0 saturated carbocycles. The van der Waals surface area contributed by atoms with Crippen molar-refractivity contribution in [2.24, 2.45) is 0 Å². The largest absolute Gasteiger partial charge is 0.376 e. The molecule has 0 bridgehead atoms. The summed E-state index contributed by atoms with van der Waals surface area (Å²) in [6.45, 7) is 10.1. The fourth-order valence-electron chi connectivity index (χ4n) is 2.72. The van der Waals surface area contributed by atoms with Crippen LogP contribution < -0.4 is 10.2 Å². The van der Waals surface area contributed by atoms with Gasteiger partial charge in [-0.25, -0.2) is 9.97 Å². The second-order valence-electron chi connectivity index (χ2n) is 5.08. The summed E-state index contributed by atoms with van der Waals surface area (Å²) in [6, 6.07) is 0. The van der Waals surface area contributed by atoms with Crippen LogP contribution in [0, 0.1) is 0 Å². The van der Waals surface area contributed by atoms with E-state index >= 15 is 0 Å². The van der Waals surface area contributed by atoms with E-state index in [0.717, 1.165) is 50.7 Å². The minimum Gasteiger partial charge on any atom is -0.376 e. The predicted octanol–water partition coefficient (Wildman–Crippen LogP) is 2.48. The van der Waals surface area contributed by atoms with Crippen LogP contribution >= 0.6 is 0 Å². The van der Waals surface area contributed by atoms with Gasteiger partial charge in [0.2, 0.25) is 0 Å². The highest BCUT2D eigenvalue weighted by molar-refractivity contribution is 5.58. The minimum absolute atomic E-state index is 0.345. The van der Waals surface area contributed by atoms with Crippen molar-refractivity contribution in [3.8, 4) is 0 Å². The fraction of sp³-hybridized carbons (Fsp3) is 0.733. The lowest BCUT2D eigenvalue weighted by atomic mass is 10.1. The minimum atomic E-state index is 0.345. The molecule has 1 aliphatic rings. The highest BCUT2D eigenvalue weighted by Gasteiger charge is 2.21. The molecule has 2 heterocycles. The topological polar surface area (TPSA) is 50.3 Å². The molecule has 0 radical (unpaired) electrons. The van der Waals surface area contributed by atoms with Crippen LogP contribution in [0.2, 0.25) is 0 Å². The zero-order valence-corrected chi connectivity index (χ0v) is 12.9. The Morgan fingerprint density at radius 2 is 2.20 bits per heavy atom. The van der Waals surface area contributed by atoms with Gasteiger partial charge in [0.25, 0.3) is 0 Å². The average molecular weight is 278 g/mol. The maximum absolute atomic E-state index is 5.76. The van der Waals surface area contributed by atoms with Gasteiger partial charge in [0.15, 0.2) is 0 Å². The molecule has 1 aromatic rings. The summed E-state index contributed by atoms with van der Waals surface area (Å²) in [5, 5.41) is 3.33. The van der Waals surface area contributed by atoms with Crippen molar-refractivity contribution in [3.05, 3.63) is 11.9 Å². The Labute approximate surface area is 121 Å². The van der Waals surface area contributed by atoms with E-state index in [-0.39, 0.29) is 0 Å². The number of ether oxygens (including phenoxy) is 1. The molecule has 1 fully saturated rings. The number of hydrogen-bond acceptors (Lipinski definition) is 5. The zero-order chi connectivity index (χ0) is 14.4. The molecule has 1 aromatic heterocycles. The van der Waals surface area contributed by atoms with Crippen LogP contribution in [0.4, 0.5) is 11.6 Å². The SMILES string of the molecule is CCNc1ncnc(N(CC)CC2CCCO2)c1CC. The molecule has 1 atom stereocenters. The van der Waals surface area contributed by atoms with Crippen LogP contribution in [-0.2, 0) is 11.2 Å². The number of likely N-dealkylation sites (N-methyl/N-ethyl adjacent to an activating group) is 1. The number of anilines is 2. The molecule has 112 valence electrons. The molecule has 2 rings (SSSR count). The van der Waals surface area contributed by atoms with E-state index in [9.17, 15) is 0 Å². The van der Waals surface area contributed by atoms with Gasteiger partial charge in [-0.3, -0.25) is 0 Å². The second-order valence-corrected chi connectivity index (χ2v) is 5.08. The standard InChI is InChI=1S/C15H26N4O/c1-4-13-14(16-5-2)17-11-18-15(13)19(6-3)10-12-8-7-9-20-12/h11-12H,4-10H2,1-3H3,(H,16,17,18). The van der Waals surface area contributed by atoms with Crippen LogP contribution in [0.3, 0.4) is 0 Å². The highest BCUT2D eigenvalue weighted by atomic mass is 16.5. The molecular formula is C15H26N4O. The number of nitrogens with zero attached hydrogens (tertiary/aromatic N) is 3. The first kappa shape index (κ1) is 15.0. The third-order valence-electron chi connectivity index (χ3n) is 3.75. The first-order chi connectivity index (χ1) is 9.80. The van der Waals surface area contributed by atoms with Gasteiger partial charge >= 0.3 is 0 Å². The maximum atomic E-state index is 5.76. The Morgan fingerprint density at radius 3 is 2.80 bits per heavy atom. The van der Waals surface area contributed by atoms with Crippen LogP contribution in [0.25, 0.3) is 0 Å². The van der Waals surface area contributed by atoms with Gasteiger partial charge in [-0.05, 0) is 33.1 Å². The quantitative estimate of drug-likeness (QED) is 0.830. The lowest BCUT2D eigenvalue weighted by Gasteiger charge is -2.27. The fourth-order valence-corrected chi connectivity index (χ4v) is 2.72. The predicted molar refractivity (Wildman–Crippen MR) is 82.4 cm³/mol. The molecule has 20 heavy (non-hydrogen) atoms. The Kier molecular flexibility index (Phi) is 5.59. The Balaban J connectivity index is 2.20. The Bertz CT molecular complexity index is 418. The summed E-state index contributed by atoms with van der Waals surface area (Å²) in [6.07, 6.45) is 5.26. The summed E-state index contributed by atoms with van der Waals surface area (Å²) in [5.41, 5.74) is 1.20. The summed E-state index contributed by atoms with van der Waals surface area (Å²) in [4.78, 5) is 11.2. The van der Waals surface area contributed by atoms with Gasteiger partial charge in [0.1, 0.15) is 18.0 Å². The van der Waals surface area contributed by atoms with E-state index in [2.05, 4.69) is 41.0 Å². The Hall–Kier alpha value is -1.36. The van der Waals surface area contributed by atoms with E-state index in [4.69, 9.17) is 4.74 Å². The Morgan fingerprint density at radius 1 is 1.35 bits per heavy atom. The lowest BCUT2D eigenvalue weighted by Crippen LogP contribution is -2.33. The molecule has 1 N–H and O–H groups in total. The van der Waals surface area contributed by atoms with Crippen LogP contribution in [0.1, 0.15) is 39.2 Å². The van der Waals surface area contributed by atoms with Gasteiger partial charge in [0.05, 0.1) is 6.10 Å². The van der Waals surface area contributed by atoms with Gasteiger partial charge in [-0.1, -0.05) is 6.92 Å². The van der Waals surface area contributed by atoms with E-state index in [1.807, 2.05) is 0 Å². The molecule has 5 heteroatoms. The van der Waals surface area contributed by atoms with Crippen LogP contribution in [-0.4, -0.2) is 42.3 Å². The summed E-state index contributed by atoms with van der Waals surface area (Å²) in [5.74, 6) is 2.02. The monoisotopic (exact) mass is 278 g/mol. The van der Waals surface area contributed by atoms with Gasteiger partial charge < -0.3 is 15.0 Å². The van der Waals surface area contributed by atoms with Crippen molar-refractivity contribution in [3.63, 3.8) is 0 Å². The van der Waals surface area contributed by atoms with Gasteiger partial charge in [0, 0.05) is 31.8 Å². The molecule has 0 amide bonds. The van der Waals surface area contributed by atoms with Crippen molar-refractivity contribution < 1.29 is 4.74 Å². The van der Waals surface area contributed by atoms with E-state index in [1.165, 1.54) is 12.0 Å². The van der Waals surface area contributed by atoms with Crippen molar-refractivity contribution >= 4 is 11.6 Å². The van der Waals surface area contributed by atoms with Crippen LogP contribution in [0.15, 0.2) is 6.33 Å². The third kappa shape index (κ3) is 3.39. The first-order valence-electron chi connectivity index (χ1n) is 7.74. The van der Waals surface area contributed by atoms with Crippen molar-refractivity contribution in [1.82, 2.24) is 9.97 Å². The van der Waals surface area contributed by atoms with Crippen molar-refractivity contribution in [2.75, 3.05) is 36.5 Å². The van der Waals surface area contributed by atoms with Gasteiger partial charge in [-0.2, -0.15) is 0 Å². The zero-order valence-electron chi connectivity index (χ0n) is 12.9. The van der Waals surface area contributed by atoms with Gasteiger partial charge in [-0.15, -0.1) is 0 Å². The van der Waals surface area contributed by atoms with E-state index in [0.29, 0.717) is 6.10 Å². The second kappa shape index (κ2) is 7.43. The van der Waals surface area contributed by atoms with E-state index in [1.54, 1.807) is 6.33 Å². The number of hydrogen-bond donors (Lipinski definition) is 1. The number of nitrogens with one attached hydrogen (secondary N) is 1. The normalized spacial score (nSPS) is 18.2. The molecule has 5 nitrogen and oxygen atoms in total. The molecule has 1 saturated heterocycles. The number of aromatic nitrogens is 2. The van der Waals surface area contributed by atoms with Crippen molar-refractivity contribution in [1.29, 1.82) is 0 Å². The molecular weight excluding hydrogens is 252 g/mol. The highest BCUT2D eigenvalue weighted by Crippen LogP contribution is 2.25. The van der Waals surface area contributed by atoms with Crippen molar-refractivity contribution in [2.45, 2.75) is 46.1 Å². The molecule has 0 aromatic carbocycles. The molecule has 1 aliphatic heterocycles.